The standard InChI is InChI=1S/C15H21F3O3S/c1-14(2,3)13(15(16,17)18)6-4-5-11-7-9-12(10-8-11)22(19,20)21/h7-10,13H,4-6H2,1-3H3,(H,19,20,21)/p-1. The van der Waals surface area contributed by atoms with Gasteiger partial charge in [-0.15, -0.1) is 0 Å². The summed E-state index contributed by atoms with van der Waals surface area (Å²) in [4.78, 5) is -0.334. The van der Waals surface area contributed by atoms with Crippen molar-refractivity contribution in [1.82, 2.24) is 0 Å². The predicted molar refractivity (Wildman–Crippen MR) is 76.3 cm³/mol. The van der Waals surface area contributed by atoms with Crippen LogP contribution in [0.15, 0.2) is 29.2 Å². The van der Waals surface area contributed by atoms with E-state index in [1.165, 1.54) is 24.3 Å². The molecule has 1 unspecified atom stereocenters. The number of aryl methyl sites for hydroxylation is 1. The lowest BCUT2D eigenvalue weighted by Crippen LogP contribution is -2.34. The third kappa shape index (κ3) is 5.61. The van der Waals surface area contributed by atoms with E-state index in [1.54, 1.807) is 20.8 Å². The zero-order chi connectivity index (χ0) is 17.2. The molecule has 0 aliphatic rings. The highest BCUT2D eigenvalue weighted by Gasteiger charge is 2.45. The van der Waals surface area contributed by atoms with Crippen LogP contribution in [0.4, 0.5) is 13.2 Å². The molecule has 1 aromatic carbocycles. The Bertz CT molecular complexity index is 570. The van der Waals surface area contributed by atoms with Crippen molar-refractivity contribution < 1.29 is 26.1 Å². The Balaban J connectivity index is 2.67. The lowest BCUT2D eigenvalue weighted by Gasteiger charge is -2.32. The van der Waals surface area contributed by atoms with Crippen LogP contribution in [0.2, 0.25) is 0 Å². The van der Waals surface area contributed by atoms with Gasteiger partial charge in [0, 0.05) is 0 Å². The summed E-state index contributed by atoms with van der Waals surface area (Å²) in [6.45, 7) is 4.71. The highest BCUT2D eigenvalue weighted by atomic mass is 32.2. The number of halogens is 3. The van der Waals surface area contributed by atoms with Crippen molar-refractivity contribution in [3.8, 4) is 0 Å². The number of benzene rings is 1. The average molecular weight is 337 g/mol. The first-order valence-electron chi connectivity index (χ1n) is 6.93. The van der Waals surface area contributed by atoms with Crippen LogP contribution in [-0.2, 0) is 16.5 Å². The van der Waals surface area contributed by atoms with Gasteiger partial charge < -0.3 is 4.55 Å². The number of hydrogen-bond donors (Lipinski definition) is 0. The normalized spacial score (nSPS) is 14.9. The number of hydrogen-bond acceptors (Lipinski definition) is 3. The number of rotatable bonds is 5. The maximum atomic E-state index is 13.0. The molecule has 0 spiro atoms. The molecule has 0 aliphatic carbocycles. The Morgan fingerprint density at radius 3 is 1.95 bits per heavy atom. The zero-order valence-corrected chi connectivity index (χ0v) is 13.6. The first-order chi connectivity index (χ1) is 9.82. The van der Waals surface area contributed by atoms with Crippen LogP contribution in [0, 0.1) is 11.3 Å². The summed E-state index contributed by atoms with van der Waals surface area (Å²) in [6, 6.07) is 5.29. The molecule has 0 fully saturated rings. The van der Waals surface area contributed by atoms with Gasteiger partial charge in [-0.05, 0) is 42.4 Å². The van der Waals surface area contributed by atoms with Gasteiger partial charge in [0.1, 0.15) is 10.1 Å². The van der Waals surface area contributed by atoms with Gasteiger partial charge in [-0.2, -0.15) is 13.2 Å². The minimum atomic E-state index is -4.49. The van der Waals surface area contributed by atoms with E-state index in [4.69, 9.17) is 0 Å². The van der Waals surface area contributed by atoms with Crippen molar-refractivity contribution in [2.75, 3.05) is 0 Å². The van der Waals surface area contributed by atoms with Gasteiger partial charge in [0.25, 0.3) is 0 Å². The molecule has 1 rings (SSSR count). The van der Waals surface area contributed by atoms with Gasteiger partial charge >= 0.3 is 6.18 Å². The molecular weight excluding hydrogens is 317 g/mol. The van der Waals surface area contributed by atoms with E-state index < -0.39 is 27.6 Å². The van der Waals surface area contributed by atoms with Gasteiger partial charge in [-0.25, -0.2) is 8.42 Å². The molecule has 0 aliphatic heterocycles. The third-order valence-corrected chi connectivity index (χ3v) is 4.46. The minimum Gasteiger partial charge on any atom is -0.744 e. The van der Waals surface area contributed by atoms with E-state index in [-0.39, 0.29) is 11.3 Å². The maximum absolute atomic E-state index is 13.0. The number of alkyl halides is 3. The average Bonchev–Trinajstić information content (AvgIpc) is 2.31. The fraction of sp³-hybridized carbons (Fsp3) is 0.600. The molecule has 22 heavy (non-hydrogen) atoms. The molecule has 3 nitrogen and oxygen atoms in total. The largest absolute Gasteiger partial charge is 0.744 e. The summed E-state index contributed by atoms with van der Waals surface area (Å²) < 4.78 is 71.4. The SMILES string of the molecule is CC(C)(C)C(CCCc1ccc(S(=O)(=O)[O-])cc1)C(F)(F)F. The molecule has 0 radical (unpaired) electrons. The van der Waals surface area contributed by atoms with Gasteiger partial charge in [0.05, 0.1) is 10.8 Å². The molecule has 126 valence electrons. The molecule has 0 aromatic heterocycles. The minimum absolute atomic E-state index is 0.00854. The predicted octanol–water partition coefficient (Wildman–Crippen LogP) is 4.14. The van der Waals surface area contributed by atoms with Crippen molar-refractivity contribution in [1.29, 1.82) is 0 Å². The molecule has 7 heteroatoms. The van der Waals surface area contributed by atoms with Crippen LogP contribution in [0.1, 0.15) is 39.2 Å². The Kier molecular flexibility index (Phi) is 5.67. The van der Waals surface area contributed by atoms with Crippen LogP contribution in [0.5, 0.6) is 0 Å². The molecule has 0 amide bonds. The van der Waals surface area contributed by atoms with Gasteiger partial charge in [-0.3, -0.25) is 0 Å². The Labute approximate surface area is 129 Å². The molecule has 0 saturated carbocycles. The lowest BCUT2D eigenvalue weighted by molar-refractivity contribution is -0.202. The summed E-state index contributed by atoms with van der Waals surface area (Å²) >= 11 is 0. The molecular formula is C15H20F3O3S-. The molecule has 0 N–H and O–H groups in total. The summed E-state index contributed by atoms with van der Waals surface area (Å²) in [7, 11) is -4.49. The second-order valence-electron chi connectivity index (χ2n) is 6.45. The molecule has 0 bridgehead atoms. The van der Waals surface area contributed by atoms with Crippen molar-refractivity contribution >= 4 is 10.1 Å². The highest BCUT2D eigenvalue weighted by molar-refractivity contribution is 7.85. The quantitative estimate of drug-likeness (QED) is 0.759. The first kappa shape index (κ1) is 19.0. The van der Waals surface area contributed by atoms with E-state index in [2.05, 4.69) is 0 Å². The smallest absolute Gasteiger partial charge is 0.392 e. The summed E-state index contributed by atoms with van der Waals surface area (Å²) in [5, 5.41) is 0. The highest BCUT2D eigenvalue weighted by Crippen LogP contribution is 2.42. The summed E-state index contributed by atoms with van der Waals surface area (Å²) in [5.74, 6) is -1.39. The van der Waals surface area contributed by atoms with E-state index in [9.17, 15) is 26.1 Å². The third-order valence-electron chi connectivity index (χ3n) is 3.61. The van der Waals surface area contributed by atoms with Crippen molar-refractivity contribution in [2.24, 2.45) is 11.3 Å². The van der Waals surface area contributed by atoms with Crippen LogP contribution in [0.3, 0.4) is 0 Å². The summed E-state index contributed by atoms with van der Waals surface area (Å²) in [6.07, 6.45) is -3.49. The van der Waals surface area contributed by atoms with Gasteiger partial charge in [0.2, 0.25) is 0 Å². The van der Waals surface area contributed by atoms with Crippen LogP contribution < -0.4 is 0 Å². The molecule has 1 aromatic rings. The van der Waals surface area contributed by atoms with Crippen LogP contribution >= 0.6 is 0 Å². The Morgan fingerprint density at radius 2 is 1.59 bits per heavy atom. The summed E-state index contributed by atoms with van der Waals surface area (Å²) in [5.41, 5.74) is -0.152. The van der Waals surface area contributed by atoms with Crippen LogP contribution in [0.25, 0.3) is 0 Å². The topological polar surface area (TPSA) is 57.2 Å². The Hall–Kier alpha value is -1.08. The van der Waals surface area contributed by atoms with Crippen molar-refractivity contribution in [3.05, 3.63) is 29.8 Å². The van der Waals surface area contributed by atoms with Crippen molar-refractivity contribution in [2.45, 2.75) is 51.1 Å². The molecule has 0 saturated heterocycles. The van der Waals surface area contributed by atoms with E-state index in [0.717, 1.165) is 0 Å². The van der Waals surface area contributed by atoms with Crippen LogP contribution in [-0.4, -0.2) is 19.1 Å². The fourth-order valence-electron chi connectivity index (χ4n) is 2.42. The van der Waals surface area contributed by atoms with E-state index in [1.807, 2.05) is 0 Å². The second kappa shape index (κ2) is 6.58. The van der Waals surface area contributed by atoms with Crippen molar-refractivity contribution in [3.63, 3.8) is 0 Å². The second-order valence-corrected chi connectivity index (χ2v) is 7.83. The van der Waals surface area contributed by atoms with Gasteiger partial charge in [0.15, 0.2) is 0 Å². The zero-order valence-electron chi connectivity index (χ0n) is 12.8. The Morgan fingerprint density at radius 1 is 1.09 bits per heavy atom. The molecule has 1 atom stereocenters. The van der Waals surface area contributed by atoms with E-state index in [0.29, 0.717) is 18.4 Å². The maximum Gasteiger partial charge on any atom is 0.392 e. The monoisotopic (exact) mass is 337 g/mol. The first-order valence-corrected chi connectivity index (χ1v) is 8.34. The van der Waals surface area contributed by atoms with Gasteiger partial charge in [-0.1, -0.05) is 32.9 Å². The lowest BCUT2D eigenvalue weighted by atomic mass is 9.77. The van der Waals surface area contributed by atoms with E-state index >= 15 is 0 Å². The molecule has 0 heterocycles. The fourth-order valence-corrected chi connectivity index (χ4v) is 2.89.